The fourth-order valence-electron chi connectivity index (χ4n) is 2.16. The molecule has 0 bridgehead atoms. The van der Waals surface area contributed by atoms with Gasteiger partial charge < -0.3 is 15.8 Å². The van der Waals surface area contributed by atoms with E-state index in [0.717, 1.165) is 11.3 Å². The number of pyridine rings is 1. The average Bonchev–Trinajstić information content (AvgIpc) is 2.48. The summed E-state index contributed by atoms with van der Waals surface area (Å²) in [7, 11) is 0. The molecule has 0 aliphatic carbocycles. The number of nitrogens with one attached hydrogen (secondary N) is 1. The molecule has 0 radical (unpaired) electrons. The van der Waals surface area contributed by atoms with Gasteiger partial charge in [-0.3, -0.25) is 4.98 Å². The minimum absolute atomic E-state index is 0.137. The van der Waals surface area contributed by atoms with E-state index in [9.17, 15) is 4.79 Å². The van der Waals surface area contributed by atoms with Crippen LogP contribution in [0, 0.1) is 0 Å². The molecular formula is C18H23N3O2. The zero-order chi connectivity index (χ0) is 16.9. The second-order valence-electron chi connectivity index (χ2n) is 6.45. The number of anilines is 1. The van der Waals surface area contributed by atoms with Gasteiger partial charge in [0.25, 0.3) is 0 Å². The Morgan fingerprint density at radius 3 is 2.48 bits per heavy atom. The Kier molecular flexibility index (Phi) is 5.21. The highest BCUT2D eigenvalue weighted by molar-refractivity contribution is 5.68. The van der Waals surface area contributed by atoms with Crippen LogP contribution in [-0.4, -0.2) is 23.2 Å². The van der Waals surface area contributed by atoms with Gasteiger partial charge in [-0.2, -0.15) is 0 Å². The normalized spacial score (nSPS) is 12.5. The molecule has 5 heteroatoms. The van der Waals surface area contributed by atoms with E-state index in [0.29, 0.717) is 5.69 Å². The van der Waals surface area contributed by atoms with Crippen LogP contribution < -0.4 is 11.1 Å². The van der Waals surface area contributed by atoms with Crippen molar-refractivity contribution in [3.8, 4) is 0 Å². The number of alkyl carbamates (subject to hydrolysis) is 1. The number of nitrogen functional groups attached to an aromatic ring is 1. The Balaban J connectivity index is 2.15. The molecule has 1 heterocycles. The highest BCUT2D eigenvalue weighted by atomic mass is 16.5. The summed E-state index contributed by atoms with van der Waals surface area (Å²) in [6.07, 6.45) is 1.29. The molecule has 1 amide bonds. The first-order valence-electron chi connectivity index (χ1n) is 7.56. The first kappa shape index (κ1) is 16.8. The van der Waals surface area contributed by atoms with Gasteiger partial charge >= 0.3 is 6.09 Å². The van der Waals surface area contributed by atoms with E-state index < -0.39 is 6.09 Å². The summed E-state index contributed by atoms with van der Waals surface area (Å²) in [5.41, 5.74) is 7.96. The number of nitrogens with two attached hydrogens (primary N) is 1. The number of hydrogen-bond donors (Lipinski definition) is 2. The first-order chi connectivity index (χ1) is 10.8. The number of aromatic nitrogens is 1. The fraction of sp³-hybridized carbons (Fsp3) is 0.333. The third-order valence-corrected chi connectivity index (χ3v) is 3.24. The number of carbonyl (C=O) groups excluding carboxylic acids is 1. The van der Waals surface area contributed by atoms with Crippen LogP contribution in [0.1, 0.15) is 37.9 Å². The molecule has 1 aromatic heterocycles. The van der Waals surface area contributed by atoms with Gasteiger partial charge in [-0.05, 0) is 50.6 Å². The van der Waals surface area contributed by atoms with Crippen molar-refractivity contribution in [1.29, 1.82) is 0 Å². The van der Waals surface area contributed by atoms with Crippen molar-refractivity contribution < 1.29 is 9.53 Å². The van der Waals surface area contributed by atoms with Crippen LogP contribution in [0.4, 0.5) is 10.5 Å². The molecule has 0 saturated heterocycles. The maximum atomic E-state index is 11.9. The Hall–Kier alpha value is -2.56. The largest absolute Gasteiger partial charge is 0.448 e. The quantitative estimate of drug-likeness (QED) is 0.849. The molecule has 5 nitrogen and oxygen atoms in total. The summed E-state index contributed by atoms with van der Waals surface area (Å²) in [4.78, 5) is 16.3. The van der Waals surface area contributed by atoms with E-state index in [1.807, 2.05) is 63.2 Å². The van der Waals surface area contributed by atoms with Crippen LogP contribution in [-0.2, 0) is 4.74 Å². The zero-order valence-corrected chi connectivity index (χ0v) is 13.7. The lowest BCUT2D eigenvalue weighted by Gasteiger charge is -2.22. The lowest BCUT2D eigenvalue weighted by Crippen LogP contribution is -2.41. The van der Waals surface area contributed by atoms with Crippen molar-refractivity contribution in [1.82, 2.24) is 10.3 Å². The summed E-state index contributed by atoms with van der Waals surface area (Å²) >= 11 is 0. The molecule has 1 aromatic carbocycles. The minimum atomic E-state index is -0.436. The van der Waals surface area contributed by atoms with E-state index in [2.05, 4.69) is 10.3 Å². The number of carbonyl (C=O) groups is 1. The molecule has 0 spiro atoms. The summed E-state index contributed by atoms with van der Waals surface area (Å²) in [6.45, 7) is 5.93. The molecule has 0 aliphatic rings. The Bertz CT molecular complexity index is 634. The van der Waals surface area contributed by atoms with E-state index in [1.54, 1.807) is 6.20 Å². The molecule has 0 aliphatic heterocycles. The Morgan fingerprint density at radius 2 is 1.91 bits per heavy atom. The number of amides is 1. The second-order valence-corrected chi connectivity index (χ2v) is 6.45. The van der Waals surface area contributed by atoms with Crippen LogP contribution in [0.3, 0.4) is 0 Å². The van der Waals surface area contributed by atoms with Gasteiger partial charge in [0.15, 0.2) is 0 Å². The maximum absolute atomic E-state index is 11.9. The van der Waals surface area contributed by atoms with Gasteiger partial charge in [-0.15, -0.1) is 0 Å². The van der Waals surface area contributed by atoms with Crippen LogP contribution >= 0.6 is 0 Å². The molecule has 0 saturated carbocycles. The summed E-state index contributed by atoms with van der Waals surface area (Å²) in [6, 6.07) is 13.2. The highest BCUT2D eigenvalue weighted by Crippen LogP contribution is 2.24. The van der Waals surface area contributed by atoms with E-state index >= 15 is 0 Å². The number of ether oxygens (including phenoxy) is 1. The third kappa shape index (κ3) is 5.29. The lowest BCUT2D eigenvalue weighted by atomic mass is 9.96. The predicted molar refractivity (Wildman–Crippen MR) is 91.2 cm³/mol. The molecule has 122 valence electrons. The van der Waals surface area contributed by atoms with Crippen LogP contribution in [0.2, 0.25) is 0 Å². The van der Waals surface area contributed by atoms with Gasteiger partial charge in [0.05, 0.1) is 11.6 Å². The smallest absolute Gasteiger partial charge is 0.407 e. The number of nitrogens with zero attached hydrogens (tertiary/aromatic N) is 1. The van der Waals surface area contributed by atoms with Crippen molar-refractivity contribution in [2.75, 3.05) is 12.3 Å². The van der Waals surface area contributed by atoms with Crippen molar-refractivity contribution in [2.24, 2.45) is 0 Å². The van der Waals surface area contributed by atoms with Gasteiger partial charge in [-0.1, -0.05) is 18.2 Å². The summed E-state index contributed by atoms with van der Waals surface area (Å²) < 4.78 is 5.40. The monoisotopic (exact) mass is 313 g/mol. The molecule has 23 heavy (non-hydrogen) atoms. The lowest BCUT2D eigenvalue weighted by molar-refractivity contribution is 0.134. The van der Waals surface area contributed by atoms with Crippen molar-refractivity contribution in [3.63, 3.8) is 0 Å². The molecule has 0 fully saturated rings. The minimum Gasteiger partial charge on any atom is -0.448 e. The average molecular weight is 313 g/mol. The number of benzene rings is 1. The van der Waals surface area contributed by atoms with Crippen LogP contribution in [0.15, 0.2) is 48.7 Å². The van der Waals surface area contributed by atoms with Gasteiger partial charge in [0, 0.05) is 17.4 Å². The number of rotatable bonds is 4. The van der Waals surface area contributed by atoms with Crippen molar-refractivity contribution in [2.45, 2.75) is 32.2 Å². The zero-order valence-electron chi connectivity index (χ0n) is 13.7. The van der Waals surface area contributed by atoms with E-state index in [4.69, 9.17) is 10.5 Å². The standard InChI is InChI=1S/C18H23N3O2/c1-18(2,3)21-17(22)23-12-15(16-6-4-5-11-20-16)13-7-9-14(19)10-8-13/h4-11,15H,12,19H2,1-3H3,(H,21,22). The van der Waals surface area contributed by atoms with E-state index in [1.165, 1.54) is 0 Å². The van der Waals surface area contributed by atoms with Gasteiger partial charge in [-0.25, -0.2) is 4.79 Å². The second kappa shape index (κ2) is 7.13. The number of hydrogen-bond acceptors (Lipinski definition) is 4. The van der Waals surface area contributed by atoms with E-state index in [-0.39, 0.29) is 18.1 Å². The first-order valence-corrected chi connectivity index (χ1v) is 7.56. The molecule has 1 unspecified atom stereocenters. The topological polar surface area (TPSA) is 77.2 Å². The maximum Gasteiger partial charge on any atom is 0.407 e. The summed E-state index contributed by atoms with van der Waals surface area (Å²) in [5, 5.41) is 2.78. The van der Waals surface area contributed by atoms with Crippen LogP contribution in [0.25, 0.3) is 0 Å². The molecule has 2 aromatic rings. The van der Waals surface area contributed by atoms with Gasteiger partial charge in [0.1, 0.15) is 6.61 Å². The fourth-order valence-corrected chi connectivity index (χ4v) is 2.16. The van der Waals surface area contributed by atoms with Crippen molar-refractivity contribution in [3.05, 3.63) is 59.9 Å². The highest BCUT2D eigenvalue weighted by Gasteiger charge is 2.20. The molecule has 2 rings (SSSR count). The Labute approximate surface area is 136 Å². The predicted octanol–water partition coefficient (Wildman–Crippen LogP) is 3.32. The molecule has 3 N–H and O–H groups in total. The SMILES string of the molecule is CC(C)(C)NC(=O)OCC(c1ccc(N)cc1)c1ccccn1. The molecule has 1 atom stereocenters. The molecular weight excluding hydrogens is 290 g/mol. The van der Waals surface area contributed by atoms with Crippen LogP contribution in [0.5, 0.6) is 0 Å². The third-order valence-electron chi connectivity index (χ3n) is 3.24. The summed E-state index contributed by atoms with van der Waals surface area (Å²) in [5.74, 6) is -0.137. The van der Waals surface area contributed by atoms with Gasteiger partial charge in [0.2, 0.25) is 0 Å². The Morgan fingerprint density at radius 1 is 1.22 bits per heavy atom. The van der Waals surface area contributed by atoms with Crippen molar-refractivity contribution >= 4 is 11.8 Å².